The maximum absolute atomic E-state index is 16.0. The quantitative estimate of drug-likeness (QED) is 0.395. The number of halogens is 1. The zero-order chi connectivity index (χ0) is 27.7. The molecule has 2 aromatic heterocycles. The van der Waals surface area contributed by atoms with Gasteiger partial charge in [0.1, 0.15) is 11.5 Å². The van der Waals surface area contributed by atoms with E-state index in [0.717, 1.165) is 18.4 Å². The number of methoxy groups -OCH3 is 2. The van der Waals surface area contributed by atoms with Crippen LogP contribution in [0.3, 0.4) is 0 Å². The Morgan fingerprint density at radius 3 is 2.64 bits per heavy atom. The van der Waals surface area contributed by atoms with Crippen molar-refractivity contribution in [3.05, 3.63) is 53.1 Å². The number of rotatable bonds is 8. The molecular formula is C27H31FN6O5. The fourth-order valence-electron chi connectivity index (χ4n) is 5.39. The van der Waals surface area contributed by atoms with Crippen molar-refractivity contribution in [2.45, 2.75) is 50.9 Å². The number of pyridine rings is 1. The van der Waals surface area contributed by atoms with Crippen molar-refractivity contribution in [2.24, 2.45) is 7.05 Å². The molecule has 206 valence electrons. The Bertz CT molecular complexity index is 1410. The number of hydrogen-bond acceptors (Lipinski definition) is 7. The summed E-state index contributed by atoms with van der Waals surface area (Å²) >= 11 is 0. The van der Waals surface area contributed by atoms with Crippen molar-refractivity contribution in [1.82, 2.24) is 25.0 Å². The van der Waals surface area contributed by atoms with E-state index in [9.17, 15) is 14.7 Å². The molecule has 0 saturated heterocycles. The zero-order valence-corrected chi connectivity index (χ0v) is 22.0. The van der Waals surface area contributed by atoms with Gasteiger partial charge in [-0.3, -0.25) is 9.48 Å². The molecule has 0 bridgehead atoms. The number of aromatic nitrogens is 3. The van der Waals surface area contributed by atoms with Crippen LogP contribution in [0.5, 0.6) is 11.5 Å². The van der Waals surface area contributed by atoms with Gasteiger partial charge in [0.2, 0.25) is 0 Å². The second-order valence-corrected chi connectivity index (χ2v) is 9.81. The third-order valence-electron chi connectivity index (χ3n) is 7.32. The summed E-state index contributed by atoms with van der Waals surface area (Å²) in [6.07, 6.45) is 5.25. The summed E-state index contributed by atoms with van der Waals surface area (Å²) in [6.45, 7) is 0.240. The number of amides is 2. The lowest BCUT2D eigenvalue weighted by atomic mass is 9.90. The van der Waals surface area contributed by atoms with Gasteiger partial charge >= 0.3 is 6.09 Å². The smallest absolute Gasteiger partial charge is 0.404 e. The summed E-state index contributed by atoms with van der Waals surface area (Å²) in [5.41, 5.74) is 2.09. The fraction of sp³-hybridized carbons (Fsp3) is 0.407. The minimum Gasteiger partial charge on any atom is -0.497 e. The predicted octanol–water partition coefficient (Wildman–Crippen LogP) is 3.79. The minimum absolute atomic E-state index is 0.00614. The Labute approximate surface area is 224 Å². The number of anilines is 1. The summed E-state index contributed by atoms with van der Waals surface area (Å²) in [6, 6.07) is 4.61. The lowest BCUT2D eigenvalue weighted by Crippen LogP contribution is -2.48. The predicted molar refractivity (Wildman–Crippen MR) is 140 cm³/mol. The molecule has 3 heterocycles. The Hall–Kier alpha value is -4.35. The van der Waals surface area contributed by atoms with Gasteiger partial charge in [-0.15, -0.1) is 0 Å². The van der Waals surface area contributed by atoms with E-state index in [-0.39, 0.29) is 48.0 Å². The van der Waals surface area contributed by atoms with Crippen LogP contribution in [0.2, 0.25) is 0 Å². The third-order valence-corrected chi connectivity index (χ3v) is 7.32. The van der Waals surface area contributed by atoms with Crippen LogP contribution in [0.15, 0.2) is 30.6 Å². The van der Waals surface area contributed by atoms with Crippen LogP contribution in [0.4, 0.5) is 15.0 Å². The molecule has 2 atom stereocenters. The van der Waals surface area contributed by atoms with E-state index in [1.807, 2.05) is 6.07 Å². The van der Waals surface area contributed by atoms with Crippen LogP contribution in [-0.4, -0.2) is 63.1 Å². The van der Waals surface area contributed by atoms with Crippen molar-refractivity contribution < 1.29 is 28.6 Å². The van der Waals surface area contributed by atoms with Crippen molar-refractivity contribution in [1.29, 1.82) is 0 Å². The maximum atomic E-state index is 16.0. The highest BCUT2D eigenvalue weighted by molar-refractivity contribution is 6.04. The largest absolute Gasteiger partial charge is 0.497 e. The number of nitrogens with zero attached hydrogens (tertiary/aromatic N) is 4. The van der Waals surface area contributed by atoms with Crippen LogP contribution in [0.1, 0.15) is 47.2 Å². The van der Waals surface area contributed by atoms with Gasteiger partial charge in [0.05, 0.1) is 44.3 Å². The zero-order valence-electron chi connectivity index (χ0n) is 22.0. The summed E-state index contributed by atoms with van der Waals surface area (Å²) in [4.78, 5) is 31.2. The van der Waals surface area contributed by atoms with Crippen LogP contribution in [0, 0.1) is 5.82 Å². The van der Waals surface area contributed by atoms with Gasteiger partial charge in [-0.2, -0.15) is 5.10 Å². The number of ether oxygens (including phenoxy) is 2. The summed E-state index contributed by atoms with van der Waals surface area (Å²) in [5, 5.41) is 19.2. The van der Waals surface area contributed by atoms with E-state index in [1.54, 1.807) is 55.4 Å². The first-order valence-corrected chi connectivity index (χ1v) is 12.8. The average molecular weight is 539 g/mol. The molecule has 11 nitrogen and oxygen atoms in total. The molecule has 1 aromatic carbocycles. The highest BCUT2D eigenvalue weighted by Crippen LogP contribution is 2.38. The number of nitrogens with one attached hydrogen (secondary N) is 2. The first-order chi connectivity index (χ1) is 18.8. The van der Waals surface area contributed by atoms with E-state index >= 15 is 4.39 Å². The number of fused-ring (bicyclic) bond motifs is 1. The molecule has 12 heteroatoms. The molecule has 1 aliphatic heterocycles. The van der Waals surface area contributed by atoms with E-state index < -0.39 is 11.9 Å². The maximum Gasteiger partial charge on any atom is 0.404 e. The Kier molecular flexibility index (Phi) is 7.27. The molecule has 5 rings (SSSR count). The van der Waals surface area contributed by atoms with Gasteiger partial charge in [0.15, 0.2) is 11.6 Å². The van der Waals surface area contributed by atoms with Gasteiger partial charge in [0.25, 0.3) is 5.91 Å². The van der Waals surface area contributed by atoms with Crippen molar-refractivity contribution >= 4 is 17.8 Å². The molecule has 3 N–H and O–H groups in total. The number of hydrogen-bond donors (Lipinski definition) is 3. The SMILES string of the molecule is COc1ccc(CN2Cc3c(F)c(NC4CCCCC4NC(=O)O)nc(-c4cnn(C)c4)c3C2=O)c(OC)c1. The molecule has 2 unspecified atom stereocenters. The molecule has 2 aliphatic rings. The summed E-state index contributed by atoms with van der Waals surface area (Å²) in [7, 11) is 4.85. The van der Waals surface area contributed by atoms with Gasteiger partial charge < -0.3 is 30.1 Å². The summed E-state index contributed by atoms with van der Waals surface area (Å²) < 4.78 is 28.4. The van der Waals surface area contributed by atoms with Crippen molar-refractivity contribution in [3.8, 4) is 22.8 Å². The molecule has 3 aromatic rings. The van der Waals surface area contributed by atoms with Crippen LogP contribution >= 0.6 is 0 Å². The number of carboxylic acid groups (broad SMARTS) is 1. The topological polar surface area (TPSA) is 131 Å². The second kappa shape index (κ2) is 10.8. The van der Waals surface area contributed by atoms with Crippen LogP contribution in [0.25, 0.3) is 11.3 Å². The van der Waals surface area contributed by atoms with Crippen molar-refractivity contribution in [2.75, 3.05) is 19.5 Å². The molecular weight excluding hydrogens is 507 g/mol. The number of aryl methyl sites for hydroxylation is 1. The number of carbonyl (C=O) groups is 2. The van der Waals surface area contributed by atoms with E-state index in [0.29, 0.717) is 35.6 Å². The van der Waals surface area contributed by atoms with Crippen LogP contribution in [-0.2, 0) is 20.1 Å². The highest BCUT2D eigenvalue weighted by Gasteiger charge is 2.37. The molecule has 2 amide bonds. The molecule has 0 spiro atoms. The first-order valence-electron chi connectivity index (χ1n) is 12.8. The third kappa shape index (κ3) is 5.18. The molecule has 0 radical (unpaired) electrons. The number of benzene rings is 1. The average Bonchev–Trinajstić information content (AvgIpc) is 3.50. The van der Waals surface area contributed by atoms with E-state index in [4.69, 9.17) is 9.47 Å². The Morgan fingerprint density at radius 1 is 1.21 bits per heavy atom. The van der Waals surface area contributed by atoms with Gasteiger partial charge in [-0.05, 0) is 25.0 Å². The highest BCUT2D eigenvalue weighted by atomic mass is 19.1. The first kappa shape index (κ1) is 26.3. The number of carbonyl (C=O) groups excluding carboxylic acids is 1. The minimum atomic E-state index is -1.12. The Morgan fingerprint density at radius 2 is 1.97 bits per heavy atom. The Balaban J connectivity index is 1.52. The summed E-state index contributed by atoms with van der Waals surface area (Å²) in [5.74, 6) is 0.210. The van der Waals surface area contributed by atoms with Gasteiger partial charge in [-0.25, -0.2) is 14.2 Å². The molecule has 1 saturated carbocycles. The molecule has 1 fully saturated rings. The van der Waals surface area contributed by atoms with E-state index in [1.165, 1.54) is 0 Å². The van der Waals surface area contributed by atoms with Gasteiger partial charge in [0, 0.05) is 48.6 Å². The van der Waals surface area contributed by atoms with Crippen molar-refractivity contribution in [3.63, 3.8) is 0 Å². The second-order valence-electron chi connectivity index (χ2n) is 9.81. The monoisotopic (exact) mass is 538 g/mol. The van der Waals surface area contributed by atoms with Gasteiger partial charge in [-0.1, -0.05) is 12.8 Å². The van der Waals surface area contributed by atoms with E-state index in [2.05, 4.69) is 20.7 Å². The normalized spacial score (nSPS) is 18.6. The standard InChI is InChI=1S/C27H31FN6O5/c1-33-12-16(11-29-33)24-22-18(14-34(26(22)35)13-15-8-9-17(38-2)10-21(15)39-3)23(28)25(32-24)30-19-6-4-5-7-20(19)31-27(36)37/h8-12,19-20,31H,4-7,13-14H2,1-3H3,(H,30,32)(H,36,37). The molecule has 39 heavy (non-hydrogen) atoms. The molecule has 1 aliphatic carbocycles. The lowest BCUT2D eigenvalue weighted by Gasteiger charge is -2.32. The fourth-order valence-corrected chi connectivity index (χ4v) is 5.39. The lowest BCUT2D eigenvalue weighted by molar-refractivity contribution is 0.0765. The van der Waals surface area contributed by atoms with Crippen LogP contribution < -0.4 is 20.1 Å².